The third-order valence-corrected chi connectivity index (χ3v) is 5.72. The number of terminal acetylenes is 1. The zero-order valence-electron chi connectivity index (χ0n) is 15.0. The Kier molecular flexibility index (Phi) is 7.34. The Labute approximate surface area is 172 Å². The number of amides is 2. The molecule has 0 aliphatic rings. The second kappa shape index (κ2) is 9.50. The maximum absolute atomic E-state index is 12.6. The van der Waals surface area contributed by atoms with Crippen LogP contribution in [-0.4, -0.2) is 45.3 Å². The summed E-state index contributed by atoms with van der Waals surface area (Å²) >= 11 is 3.33. The number of sulfonamides is 1. The average molecular weight is 464 g/mol. The molecular formula is C19H18BrN3O4S. The molecule has 0 aliphatic carbocycles. The Bertz CT molecular complexity index is 1030. The van der Waals surface area contributed by atoms with Crippen molar-refractivity contribution in [3.8, 4) is 12.3 Å². The lowest BCUT2D eigenvalue weighted by Crippen LogP contribution is -2.35. The van der Waals surface area contributed by atoms with E-state index in [0.717, 1.165) is 4.47 Å². The van der Waals surface area contributed by atoms with Crippen molar-refractivity contribution in [1.82, 2.24) is 9.62 Å². The first kappa shape index (κ1) is 21.6. The van der Waals surface area contributed by atoms with E-state index in [2.05, 4.69) is 31.9 Å². The first-order valence-electron chi connectivity index (χ1n) is 8.07. The van der Waals surface area contributed by atoms with E-state index in [9.17, 15) is 18.0 Å². The number of likely N-dealkylation sites (N-methyl/N-ethyl adjacent to an activating group) is 1. The largest absolute Gasteiger partial charge is 0.332 e. The fourth-order valence-electron chi connectivity index (χ4n) is 2.28. The molecule has 9 heteroatoms. The second-order valence-electron chi connectivity index (χ2n) is 5.75. The molecule has 2 aromatic rings. The number of rotatable bonds is 7. The maximum Gasteiger partial charge on any atom is 0.254 e. The third-order valence-electron chi connectivity index (χ3n) is 3.63. The van der Waals surface area contributed by atoms with Crippen molar-refractivity contribution in [2.45, 2.75) is 4.90 Å². The highest BCUT2D eigenvalue weighted by atomic mass is 79.9. The lowest BCUT2D eigenvalue weighted by molar-refractivity contribution is -0.116. The van der Waals surface area contributed by atoms with Crippen LogP contribution in [0.25, 0.3) is 0 Å². The molecule has 0 fully saturated rings. The average Bonchev–Trinajstić information content (AvgIpc) is 2.67. The van der Waals surface area contributed by atoms with Crippen molar-refractivity contribution in [3.05, 3.63) is 58.6 Å². The minimum atomic E-state index is -3.82. The number of para-hydroxylation sites is 1. The van der Waals surface area contributed by atoms with Crippen LogP contribution in [0.5, 0.6) is 0 Å². The summed E-state index contributed by atoms with van der Waals surface area (Å²) in [5.41, 5.74) is 0.723. The molecule has 2 rings (SSSR count). The summed E-state index contributed by atoms with van der Waals surface area (Å²) < 4.78 is 27.2. The molecule has 0 unspecified atom stereocenters. The number of carbonyl (C=O) groups is 2. The monoisotopic (exact) mass is 463 g/mol. The van der Waals surface area contributed by atoms with Gasteiger partial charge < -0.3 is 10.2 Å². The number of anilines is 1. The predicted octanol–water partition coefficient (Wildman–Crippen LogP) is 2.07. The topological polar surface area (TPSA) is 95.6 Å². The second-order valence-corrected chi connectivity index (χ2v) is 8.37. The molecule has 0 saturated carbocycles. The van der Waals surface area contributed by atoms with Crippen LogP contribution in [0.4, 0.5) is 5.69 Å². The molecule has 0 saturated heterocycles. The fourth-order valence-corrected chi connectivity index (χ4v) is 3.64. The van der Waals surface area contributed by atoms with Gasteiger partial charge in [0.05, 0.1) is 23.7 Å². The van der Waals surface area contributed by atoms with Crippen molar-refractivity contribution >= 4 is 43.5 Å². The Hall–Kier alpha value is -2.67. The zero-order valence-corrected chi connectivity index (χ0v) is 17.4. The SMILES string of the molecule is C#CCNS(=O)(=O)c1cccc(C(=O)N(C)CC(=O)Nc2ccccc2Br)c1. The number of hydrogen-bond donors (Lipinski definition) is 2. The van der Waals surface area contributed by atoms with E-state index in [1.54, 1.807) is 18.2 Å². The number of nitrogens with zero attached hydrogens (tertiary/aromatic N) is 1. The van der Waals surface area contributed by atoms with Gasteiger partial charge in [0, 0.05) is 17.1 Å². The van der Waals surface area contributed by atoms with E-state index in [-0.39, 0.29) is 29.5 Å². The van der Waals surface area contributed by atoms with Crippen molar-refractivity contribution < 1.29 is 18.0 Å². The molecule has 0 aliphatic heterocycles. The van der Waals surface area contributed by atoms with Crippen LogP contribution in [0.2, 0.25) is 0 Å². The van der Waals surface area contributed by atoms with Gasteiger partial charge in [-0.3, -0.25) is 9.59 Å². The van der Waals surface area contributed by atoms with Crippen molar-refractivity contribution in [2.24, 2.45) is 0 Å². The summed E-state index contributed by atoms with van der Waals surface area (Å²) in [6, 6.07) is 12.6. The fraction of sp³-hybridized carbons (Fsp3) is 0.158. The van der Waals surface area contributed by atoms with E-state index in [4.69, 9.17) is 6.42 Å². The molecule has 146 valence electrons. The number of benzene rings is 2. The van der Waals surface area contributed by atoms with Gasteiger partial charge in [-0.1, -0.05) is 24.1 Å². The number of halogens is 1. The molecule has 2 aromatic carbocycles. The molecule has 2 amide bonds. The Morgan fingerprint density at radius 1 is 1.18 bits per heavy atom. The lowest BCUT2D eigenvalue weighted by atomic mass is 10.2. The van der Waals surface area contributed by atoms with E-state index in [1.807, 2.05) is 6.07 Å². The van der Waals surface area contributed by atoms with E-state index in [0.29, 0.717) is 5.69 Å². The molecule has 0 spiro atoms. The first-order chi connectivity index (χ1) is 13.2. The van der Waals surface area contributed by atoms with Crippen molar-refractivity contribution in [3.63, 3.8) is 0 Å². The molecule has 28 heavy (non-hydrogen) atoms. The highest BCUT2D eigenvalue weighted by molar-refractivity contribution is 9.10. The van der Waals surface area contributed by atoms with Gasteiger partial charge in [-0.15, -0.1) is 6.42 Å². The van der Waals surface area contributed by atoms with Gasteiger partial charge in [0.15, 0.2) is 0 Å². The van der Waals surface area contributed by atoms with Gasteiger partial charge in [0.25, 0.3) is 5.91 Å². The van der Waals surface area contributed by atoms with Gasteiger partial charge in [0.1, 0.15) is 0 Å². The van der Waals surface area contributed by atoms with Crippen molar-refractivity contribution in [1.29, 1.82) is 0 Å². The van der Waals surface area contributed by atoms with Crippen molar-refractivity contribution in [2.75, 3.05) is 25.5 Å². The van der Waals surface area contributed by atoms with Gasteiger partial charge in [0.2, 0.25) is 15.9 Å². The van der Waals surface area contributed by atoms with Crippen LogP contribution in [0, 0.1) is 12.3 Å². The van der Waals surface area contributed by atoms with Crippen LogP contribution in [0.1, 0.15) is 10.4 Å². The zero-order chi connectivity index (χ0) is 20.7. The van der Waals surface area contributed by atoms with Crippen LogP contribution in [0.15, 0.2) is 57.9 Å². The first-order valence-corrected chi connectivity index (χ1v) is 10.4. The molecule has 0 bridgehead atoms. The summed E-state index contributed by atoms with van der Waals surface area (Å²) in [5.74, 6) is 1.30. The molecule has 0 radical (unpaired) electrons. The molecule has 0 heterocycles. The Morgan fingerprint density at radius 2 is 1.89 bits per heavy atom. The van der Waals surface area contributed by atoms with Crippen LogP contribution >= 0.6 is 15.9 Å². The number of nitrogens with one attached hydrogen (secondary N) is 2. The number of hydrogen-bond acceptors (Lipinski definition) is 4. The maximum atomic E-state index is 12.6. The van der Waals surface area contributed by atoms with E-state index < -0.39 is 15.9 Å². The molecule has 0 atom stereocenters. The molecule has 0 aromatic heterocycles. The summed E-state index contributed by atoms with van der Waals surface area (Å²) in [6.45, 7) is -0.359. The molecular weight excluding hydrogens is 446 g/mol. The predicted molar refractivity (Wildman–Crippen MR) is 110 cm³/mol. The Morgan fingerprint density at radius 3 is 2.57 bits per heavy atom. The molecule has 7 nitrogen and oxygen atoms in total. The summed E-state index contributed by atoms with van der Waals surface area (Å²) in [5, 5.41) is 2.70. The highest BCUT2D eigenvalue weighted by Gasteiger charge is 2.19. The van der Waals surface area contributed by atoms with E-state index in [1.165, 1.54) is 36.2 Å². The lowest BCUT2D eigenvalue weighted by Gasteiger charge is -2.17. The minimum absolute atomic E-state index is 0.0836. The van der Waals surface area contributed by atoms with Crippen LogP contribution < -0.4 is 10.0 Å². The number of carbonyl (C=O) groups excluding carboxylic acids is 2. The third kappa shape index (κ3) is 5.66. The van der Waals surface area contributed by atoms with Gasteiger partial charge >= 0.3 is 0 Å². The van der Waals surface area contributed by atoms with Crippen LogP contribution in [-0.2, 0) is 14.8 Å². The van der Waals surface area contributed by atoms with Gasteiger partial charge in [-0.2, -0.15) is 4.72 Å². The van der Waals surface area contributed by atoms with Crippen LogP contribution in [0.3, 0.4) is 0 Å². The normalized spacial score (nSPS) is 10.8. The molecule has 2 N–H and O–H groups in total. The van der Waals surface area contributed by atoms with E-state index >= 15 is 0 Å². The minimum Gasteiger partial charge on any atom is -0.332 e. The smallest absolute Gasteiger partial charge is 0.254 e. The quantitative estimate of drug-likeness (QED) is 0.614. The van der Waals surface area contributed by atoms with Gasteiger partial charge in [-0.25, -0.2) is 8.42 Å². The standard InChI is InChI=1S/C19H18BrN3O4S/c1-3-11-21-28(26,27)15-8-6-7-14(12-15)19(25)23(2)13-18(24)22-17-10-5-4-9-16(17)20/h1,4-10,12,21H,11,13H2,2H3,(H,22,24). The summed E-state index contributed by atoms with van der Waals surface area (Å²) in [4.78, 5) is 25.9. The summed E-state index contributed by atoms with van der Waals surface area (Å²) in [7, 11) is -2.36. The summed E-state index contributed by atoms with van der Waals surface area (Å²) in [6.07, 6.45) is 5.06. The van der Waals surface area contributed by atoms with Gasteiger partial charge in [-0.05, 0) is 46.3 Å². The Balaban J connectivity index is 2.09. The highest BCUT2D eigenvalue weighted by Crippen LogP contribution is 2.21.